The van der Waals surface area contributed by atoms with Crippen LogP contribution in [0.25, 0.3) is 16.5 Å². The van der Waals surface area contributed by atoms with Crippen molar-refractivity contribution in [3.63, 3.8) is 0 Å². The topological polar surface area (TPSA) is 78.7 Å². The SMILES string of the molecule is CN(C)C1CC23CCC4(O2)C2CC=C(c5ccc6nnccc6c5)C2(C)CCC4(Cl)CC3C(O)C1O. The van der Waals surface area contributed by atoms with Gasteiger partial charge in [0, 0.05) is 23.3 Å². The minimum absolute atomic E-state index is 0.0291. The maximum absolute atomic E-state index is 11.3. The zero-order valence-electron chi connectivity index (χ0n) is 21.3. The Morgan fingerprint density at radius 2 is 1.89 bits per heavy atom. The number of ether oxygens (including phenoxy) is 1. The van der Waals surface area contributed by atoms with E-state index in [0.717, 1.165) is 49.4 Å². The van der Waals surface area contributed by atoms with E-state index in [4.69, 9.17) is 16.3 Å². The number of nitrogens with zero attached hydrogens (tertiary/aromatic N) is 3. The van der Waals surface area contributed by atoms with Crippen LogP contribution in [-0.4, -0.2) is 73.7 Å². The molecule has 1 aromatic carbocycles. The van der Waals surface area contributed by atoms with Gasteiger partial charge in [-0.15, -0.1) is 11.6 Å². The summed E-state index contributed by atoms with van der Waals surface area (Å²) in [5.41, 5.74) is 2.70. The molecule has 0 amide bonds. The van der Waals surface area contributed by atoms with Crippen LogP contribution in [0.2, 0.25) is 0 Å². The molecule has 9 unspecified atom stereocenters. The number of aliphatic hydroxyl groups is 2. The predicted octanol–water partition coefficient (Wildman–Crippen LogP) is 4.17. The lowest BCUT2D eigenvalue weighted by atomic mass is 9.52. The maximum atomic E-state index is 11.3. The maximum Gasteiger partial charge on any atom is 0.0958 e. The van der Waals surface area contributed by atoms with Gasteiger partial charge in [-0.2, -0.15) is 10.2 Å². The van der Waals surface area contributed by atoms with Crippen LogP contribution in [0, 0.1) is 17.3 Å². The zero-order valence-corrected chi connectivity index (χ0v) is 22.1. The second kappa shape index (κ2) is 7.51. The molecule has 4 fully saturated rings. The molecule has 36 heavy (non-hydrogen) atoms. The quantitative estimate of drug-likeness (QED) is 0.591. The minimum Gasteiger partial charge on any atom is -0.390 e. The largest absolute Gasteiger partial charge is 0.390 e. The van der Waals surface area contributed by atoms with Gasteiger partial charge in [0.25, 0.3) is 0 Å². The second-order valence-electron chi connectivity index (χ2n) is 12.7. The van der Waals surface area contributed by atoms with Crippen molar-refractivity contribution in [3.05, 3.63) is 42.1 Å². The number of fused-ring (bicyclic) bond motifs is 2. The van der Waals surface area contributed by atoms with E-state index in [9.17, 15) is 10.2 Å². The summed E-state index contributed by atoms with van der Waals surface area (Å²) in [7, 11) is 3.97. The van der Waals surface area contributed by atoms with Gasteiger partial charge in [-0.1, -0.05) is 19.1 Å². The Labute approximate surface area is 217 Å². The lowest BCUT2D eigenvalue weighted by molar-refractivity contribution is -0.276. The van der Waals surface area contributed by atoms with Gasteiger partial charge in [0.15, 0.2) is 0 Å². The van der Waals surface area contributed by atoms with Gasteiger partial charge < -0.3 is 19.8 Å². The Morgan fingerprint density at radius 3 is 2.69 bits per heavy atom. The predicted molar refractivity (Wildman–Crippen MR) is 140 cm³/mol. The van der Waals surface area contributed by atoms with Gasteiger partial charge in [0.05, 0.1) is 40.0 Å². The van der Waals surface area contributed by atoms with Crippen LogP contribution >= 0.6 is 11.6 Å². The summed E-state index contributed by atoms with van der Waals surface area (Å²) < 4.78 is 7.33. The molecule has 3 aliphatic carbocycles. The van der Waals surface area contributed by atoms with Crippen LogP contribution in [0.3, 0.4) is 0 Å². The van der Waals surface area contributed by atoms with Crippen molar-refractivity contribution in [2.45, 2.75) is 86.2 Å². The molecular weight excluding hydrogens is 474 g/mol. The highest BCUT2D eigenvalue weighted by molar-refractivity contribution is 6.25. The summed E-state index contributed by atoms with van der Waals surface area (Å²) in [4.78, 5) is 1.52. The average Bonchev–Trinajstić information content (AvgIpc) is 3.39. The van der Waals surface area contributed by atoms with Gasteiger partial charge in [-0.25, -0.2) is 0 Å². The van der Waals surface area contributed by atoms with E-state index in [0.29, 0.717) is 12.3 Å². The number of likely N-dealkylation sites (N-methyl/N-ethyl adjacent to an activating group) is 1. The van der Waals surface area contributed by atoms with E-state index in [1.165, 1.54) is 11.1 Å². The summed E-state index contributed by atoms with van der Waals surface area (Å²) in [5.74, 6) is 0.163. The van der Waals surface area contributed by atoms with E-state index in [1.54, 1.807) is 6.20 Å². The summed E-state index contributed by atoms with van der Waals surface area (Å²) in [6, 6.07) is 8.41. The van der Waals surface area contributed by atoms with E-state index < -0.39 is 28.3 Å². The Bertz CT molecular complexity index is 1270. The fourth-order valence-corrected chi connectivity index (χ4v) is 9.69. The van der Waals surface area contributed by atoms with Crippen molar-refractivity contribution >= 4 is 28.1 Å². The molecule has 2 aliphatic heterocycles. The molecule has 1 aromatic heterocycles. The highest BCUT2D eigenvalue weighted by Gasteiger charge is 2.76. The minimum atomic E-state index is -0.816. The molecule has 2 saturated heterocycles. The molecule has 2 bridgehead atoms. The molecule has 7 heteroatoms. The second-order valence-corrected chi connectivity index (χ2v) is 13.4. The molecule has 0 radical (unpaired) electrons. The van der Waals surface area contributed by atoms with Crippen LogP contribution in [0.15, 0.2) is 36.5 Å². The number of aromatic nitrogens is 2. The fraction of sp³-hybridized carbons (Fsp3) is 0.655. The third-order valence-corrected chi connectivity index (χ3v) is 11.7. The number of allylic oxidation sites excluding steroid dienone is 2. The molecule has 7 rings (SSSR count). The van der Waals surface area contributed by atoms with Gasteiger partial charge in [-0.05, 0) is 93.8 Å². The Hall–Kier alpha value is -1.57. The molecule has 6 nitrogen and oxygen atoms in total. The standard InChI is InChI=1S/C29H36ClN3O3/c1-26-9-11-28(30)15-20-24(34)25(35)22(33(2)3)16-27(20)10-12-29(28,36-27)23(26)7-5-19(26)17-4-6-21-18(14-17)8-13-31-32-21/h4-6,8,13-14,20,22-25,34-35H,7,9-12,15-16H2,1-3H3. The smallest absolute Gasteiger partial charge is 0.0958 e. The number of halogens is 1. The Kier molecular flexibility index (Phi) is 4.91. The van der Waals surface area contributed by atoms with Crippen LogP contribution in [0.4, 0.5) is 0 Å². The van der Waals surface area contributed by atoms with Gasteiger partial charge >= 0.3 is 0 Å². The first-order chi connectivity index (χ1) is 17.1. The third kappa shape index (κ3) is 2.83. The van der Waals surface area contributed by atoms with Crippen molar-refractivity contribution in [1.29, 1.82) is 0 Å². The molecule has 192 valence electrons. The number of benzene rings is 1. The number of hydrogen-bond donors (Lipinski definition) is 2. The van der Waals surface area contributed by atoms with E-state index in [1.807, 2.05) is 25.1 Å². The van der Waals surface area contributed by atoms with Crippen LogP contribution < -0.4 is 0 Å². The fourth-order valence-electron chi connectivity index (χ4n) is 9.16. The van der Waals surface area contributed by atoms with Gasteiger partial charge in [-0.3, -0.25) is 0 Å². The van der Waals surface area contributed by atoms with Crippen molar-refractivity contribution in [1.82, 2.24) is 15.1 Å². The van der Waals surface area contributed by atoms with Crippen molar-refractivity contribution < 1.29 is 14.9 Å². The first kappa shape index (κ1) is 23.5. The normalized spacial score (nSPS) is 47.4. The highest BCUT2D eigenvalue weighted by atomic mass is 35.5. The first-order valence-corrected chi connectivity index (χ1v) is 13.8. The molecule has 2 aromatic rings. The summed E-state index contributed by atoms with van der Waals surface area (Å²) in [5, 5.41) is 31.6. The number of aliphatic hydroxyl groups excluding tert-OH is 2. The molecule has 2 N–H and O–H groups in total. The Balaban J connectivity index is 1.27. The number of rotatable bonds is 2. The molecule has 2 spiro atoms. The monoisotopic (exact) mass is 509 g/mol. The lowest BCUT2D eigenvalue weighted by Gasteiger charge is -2.65. The third-order valence-electron chi connectivity index (χ3n) is 11.0. The first-order valence-electron chi connectivity index (χ1n) is 13.5. The van der Waals surface area contributed by atoms with E-state index >= 15 is 0 Å². The molecule has 3 heterocycles. The Morgan fingerprint density at radius 1 is 1.06 bits per heavy atom. The molecule has 9 atom stereocenters. The van der Waals surface area contributed by atoms with Crippen LogP contribution in [-0.2, 0) is 4.74 Å². The number of hydrogen-bond acceptors (Lipinski definition) is 6. The average molecular weight is 510 g/mol. The van der Waals surface area contributed by atoms with Crippen molar-refractivity contribution in [2.75, 3.05) is 14.1 Å². The van der Waals surface area contributed by atoms with Crippen LogP contribution in [0.5, 0.6) is 0 Å². The van der Waals surface area contributed by atoms with Crippen LogP contribution in [0.1, 0.15) is 57.4 Å². The molecule has 5 aliphatic rings. The van der Waals surface area contributed by atoms with Gasteiger partial charge in [0.2, 0.25) is 0 Å². The summed E-state index contributed by atoms with van der Waals surface area (Å²) in [6.07, 6.45) is 8.66. The lowest BCUT2D eigenvalue weighted by Crippen LogP contribution is -2.72. The highest BCUT2D eigenvalue weighted by Crippen LogP contribution is 2.73. The summed E-state index contributed by atoms with van der Waals surface area (Å²) >= 11 is 7.62. The van der Waals surface area contributed by atoms with E-state index in [2.05, 4.69) is 41.4 Å². The van der Waals surface area contributed by atoms with E-state index in [-0.39, 0.29) is 17.4 Å². The molecule has 2 saturated carbocycles. The zero-order chi connectivity index (χ0) is 25.1. The number of alkyl halides is 1. The van der Waals surface area contributed by atoms with Crippen molar-refractivity contribution in [2.24, 2.45) is 17.3 Å². The molecular formula is C29H36ClN3O3. The van der Waals surface area contributed by atoms with Crippen molar-refractivity contribution in [3.8, 4) is 0 Å². The van der Waals surface area contributed by atoms with Gasteiger partial charge in [0.1, 0.15) is 0 Å². The summed E-state index contributed by atoms with van der Waals surface area (Å²) in [6.45, 7) is 2.42.